The third kappa shape index (κ3) is 4.30. The van der Waals surface area contributed by atoms with Crippen LogP contribution in [0.2, 0.25) is 0 Å². The van der Waals surface area contributed by atoms with E-state index in [0.29, 0.717) is 0 Å². The summed E-state index contributed by atoms with van der Waals surface area (Å²) in [5, 5.41) is 3.31. The smallest absolute Gasteiger partial charge is 0.123 e. The van der Waals surface area contributed by atoms with Crippen molar-refractivity contribution < 1.29 is 4.39 Å². The summed E-state index contributed by atoms with van der Waals surface area (Å²) in [6.45, 7) is 3.04. The molecule has 1 N–H and O–H groups in total. The van der Waals surface area contributed by atoms with Crippen molar-refractivity contribution in [3.05, 3.63) is 65.5 Å². The lowest BCUT2D eigenvalue weighted by molar-refractivity contribution is 0.547. The maximum atomic E-state index is 13.0. The monoisotopic (exact) mass is 286 g/mol. The summed E-state index contributed by atoms with van der Waals surface area (Å²) in [5.74, 6) is -0.189. The zero-order chi connectivity index (χ0) is 15.2. The van der Waals surface area contributed by atoms with Crippen LogP contribution in [0, 0.1) is 12.7 Å². The fraction of sp³-hybridized carbons (Fsp3) is 0.333. The minimum atomic E-state index is -0.189. The highest BCUT2D eigenvalue weighted by Crippen LogP contribution is 2.20. The first-order valence-corrected chi connectivity index (χ1v) is 7.30. The Balaban J connectivity index is 1.98. The van der Waals surface area contributed by atoms with Gasteiger partial charge in [-0.15, -0.1) is 0 Å². The highest BCUT2D eigenvalue weighted by Gasteiger charge is 2.11. The summed E-state index contributed by atoms with van der Waals surface area (Å²) in [5.41, 5.74) is 3.61. The molecule has 0 aliphatic carbocycles. The average molecular weight is 286 g/mol. The first kappa shape index (κ1) is 15.5. The van der Waals surface area contributed by atoms with Crippen molar-refractivity contribution in [3.8, 4) is 0 Å². The molecule has 0 amide bonds. The second-order valence-electron chi connectivity index (χ2n) is 5.44. The normalized spacial score (nSPS) is 12.2. The summed E-state index contributed by atoms with van der Waals surface area (Å²) in [6.07, 6.45) is 0.965. The van der Waals surface area contributed by atoms with Crippen LogP contribution in [-0.2, 0) is 0 Å². The highest BCUT2D eigenvalue weighted by molar-refractivity contribution is 5.47. The molecule has 2 rings (SSSR count). The Kier molecular flexibility index (Phi) is 5.34. The number of hydrogen-bond acceptors (Lipinski definition) is 2. The molecule has 0 bridgehead atoms. The van der Waals surface area contributed by atoms with Crippen LogP contribution in [0.1, 0.15) is 23.6 Å². The van der Waals surface area contributed by atoms with Gasteiger partial charge in [-0.25, -0.2) is 4.39 Å². The van der Waals surface area contributed by atoms with E-state index in [1.54, 1.807) is 0 Å². The summed E-state index contributed by atoms with van der Waals surface area (Å²) >= 11 is 0. The van der Waals surface area contributed by atoms with Crippen molar-refractivity contribution in [2.24, 2.45) is 0 Å². The molecule has 3 heteroatoms. The minimum Gasteiger partial charge on any atom is -0.375 e. The Morgan fingerprint density at radius 2 is 1.86 bits per heavy atom. The summed E-state index contributed by atoms with van der Waals surface area (Å²) in [7, 11) is 4.05. The summed E-state index contributed by atoms with van der Waals surface area (Å²) in [4.78, 5) is 2.25. The second kappa shape index (κ2) is 7.23. The topological polar surface area (TPSA) is 15.3 Å². The second-order valence-corrected chi connectivity index (χ2v) is 5.44. The number of halogens is 1. The van der Waals surface area contributed by atoms with Gasteiger partial charge in [0.2, 0.25) is 0 Å². The largest absolute Gasteiger partial charge is 0.375 e. The van der Waals surface area contributed by atoms with Crippen molar-refractivity contribution in [3.63, 3.8) is 0 Å². The van der Waals surface area contributed by atoms with Crippen LogP contribution in [0.25, 0.3) is 0 Å². The average Bonchev–Trinajstić information content (AvgIpc) is 2.49. The molecule has 112 valence electrons. The number of benzene rings is 2. The quantitative estimate of drug-likeness (QED) is 0.866. The third-order valence-corrected chi connectivity index (χ3v) is 3.82. The molecule has 1 unspecified atom stereocenters. The van der Waals surface area contributed by atoms with Crippen LogP contribution in [0.5, 0.6) is 0 Å². The Hall–Kier alpha value is -1.87. The van der Waals surface area contributed by atoms with Gasteiger partial charge in [0.25, 0.3) is 0 Å². The molecule has 0 aliphatic heterocycles. The molecule has 1 atom stereocenters. The van der Waals surface area contributed by atoms with Crippen LogP contribution in [0.3, 0.4) is 0 Å². The molecule has 0 heterocycles. The van der Waals surface area contributed by atoms with Gasteiger partial charge in [0, 0.05) is 25.3 Å². The first-order chi connectivity index (χ1) is 10.1. The molecular weight excluding hydrogens is 263 g/mol. The molecule has 0 spiro atoms. The number of hydrogen-bond donors (Lipinski definition) is 1. The van der Waals surface area contributed by atoms with E-state index in [0.717, 1.165) is 18.5 Å². The molecule has 21 heavy (non-hydrogen) atoms. The molecular formula is C18H23FN2. The lowest BCUT2D eigenvalue weighted by atomic mass is 10.0. The predicted octanol–water partition coefficient (Wildman–Crippen LogP) is 3.92. The van der Waals surface area contributed by atoms with Gasteiger partial charge in [0.05, 0.1) is 0 Å². The van der Waals surface area contributed by atoms with E-state index in [-0.39, 0.29) is 11.9 Å². The van der Waals surface area contributed by atoms with Crippen molar-refractivity contribution in [1.29, 1.82) is 0 Å². The highest BCUT2D eigenvalue weighted by atomic mass is 19.1. The van der Waals surface area contributed by atoms with Gasteiger partial charge >= 0.3 is 0 Å². The van der Waals surface area contributed by atoms with E-state index in [1.165, 1.54) is 23.4 Å². The van der Waals surface area contributed by atoms with Crippen molar-refractivity contribution in [2.75, 3.05) is 25.5 Å². The Labute approximate surface area is 126 Å². The maximum absolute atomic E-state index is 13.0. The molecule has 0 saturated heterocycles. The van der Waals surface area contributed by atoms with Gasteiger partial charge in [0.1, 0.15) is 5.82 Å². The summed E-state index contributed by atoms with van der Waals surface area (Å²) < 4.78 is 13.0. The molecule has 0 saturated carbocycles. The van der Waals surface area contributed by atoms with Gasteiger partial charge in [-0.1, -0.05) is 24.3 Å². The number of anilines is 1. The van der Waals surface area contributed by atoms with E-state index in [9.17, 15) is 4.39 Å². The molecule has 0 aromatic heterocycles. The van der Waals surface area contributed by atoms with E-state index in [2.05, 4.69) is 48.5 Å². The Bertz CT molecular complexity index is 566. The van der Waals surface area contributed by atoms with Gasteiger partial charge in [-0.2, -0.15) is 0 Å². The fourth-order valence-electron chi connectivity index (χ4n) is 2.49. The number of aryl methyl sites for hydroxylation is 1. The third-order valence-electron chi connectivity index (χ3n) is 3.82. The van der Waals surface area contributed by atoms with E-state index in [4.69, 9.17) is 0 Å². The molecule has 0 fully saturated rings. The molecule has 2 nitrogen and oxygen atoms in total. The van der Waals surface area contributed by atoms with E-state index < -0.39 is 0 Å². The molecule has 0 aliphatic rings. The van der Waals surface area contributed by atoms with E-state index in [1.807, 2.05) is 19.2 Å². The van der Waals surface area contributed by atoms with Crippen LogP contribution in [0.4, 0.5) is 10.1 Å². The minimum absolute atomic E-state index is 0.189. The van der Waals surface area contributed by atoms with Crippen LogP contribution >= 0.6 is 0 Å². The van der Waals surface area contributed by atoms with Gasteiger partial charge < -0.3 is 10.2 Å². The van der Waals surface area contributed by atoms with Gasteiger partial charge in [0.15, 0.2) is 0 Å². The van der Waals surface area contributed by atoms with Crippen LogP contribution < -0.4 is 10.2 Å². The number of rotatable bonds is 6. The van der Waals surface area contributed by atoms with Crippen LogP contribution in [-0.4, -0.2) is 20.6 Å². The van der Waals surface area contributed by atoms with E-state index >= 15 is 0 Å². The lowest BCUT2D eigenvalue weighted by Crippen LogP contribution is -2.25. The zero-order valence-electron chi connectivity index (χ0n) is 12.9. The van der Waals surface area contributed by atoms with Gasteiger partial charge in [-0.3, -0.25) is 0 Å². The fourth-order valence-corrected chi connectivity index (χ4v) is 2.49. The first-order valence-electron chi connectivity index (χ1n) is 7.30. The maximum Gasteiger partial charge on any atom is 0.123 e. The summed E-state index contributed by atoms with van der Waals surface area (Å²) in [6, 6.07) is 15.5. The van der Waals surface area contributed by atoms with Crippen LogP contribution in [0.15, 0.2) is 48.5 Å². The molecule has 2 aromatic carbocycles. The number of nitrogens with zero attached hydrogens (tertiary/aromatic N) is 1. The standard InChI is InChI=1S/C18H23FN2/c1-14-5-4-6-17(13-14)21(3)12-11-18(20-2)15-7-9-16(19)10-8-15/h4-10,13,18,20H,11-12H2,1-3H3. The zero-order valence-corrected chi connectivity index (χ0v) is 12.9. The molecule has 2 aromatic rings. The number of nitrogens with one attached hydrogen (secondary N) is 1. The van der Waals surface area contributed by atoms with Gasteiger partial charge in [-0.05, 0) is 55.8 Å². The Morgan fingerprint density at radius 3 is 2.48 bits per heavy atom. The Morgan fingerprint density at radius 1 is 1.14 bits per heavy atom. The van der Waals surface area contributed by atoms with Crippen molar-refractivity contribution in [2.45, 2.75) is 19.4 Å². The van der Waals surface area contributed by atoms with Crippen molar-refractivity contribution >= 4 is 5.69 Å². The predicted molar refractivity (Wildman–Crippen MR) is 87.3 cm³/mol. The lowest BCUT2D eigenvalue weighted by Gasteiger charge is -2.23. The SMILES string of the molecule is CNC(CCN(C)c1cccc(C)c1)c1ccc(F)cc1. The molecule has 0 radical (unpaired) electrons. The van der Waals surface area contributed by atoms with Crippen molar-refractivity contribution in [1.82, 2.24) is 5.32 Å².